The van der Waals surface area contributed by atoms with E-state index in [-0.39, 0.29) is 0 Å². The molecule has 67 valence electrons. The maximum atomic E-state index is 4.08. The number of nitrogens with zero attached hydrogens (tertiary/aromatic N) is 2. The molecule has 2 nitrogen and oxygen atoms in total. The molecule has 0 unspecified atom stereocenters. The summed E-state index contributed by atoms with van der Waals surface area (Å²) in [5, 5.41) is 0. The SMILES string of the molecule is [CH]1C=C2c3ccccc3C=CN2C=N1. The third-order valence-corrected chi connectivity index (χ3v) is 2.44. The first-order valence-electron chi connectivity index (χ1n) is 4.58. The molecule has 1 aromatic carbocycles. The van der Waals surface area contributed by atoms with Crippen molar-refractivity contribution >= 4 is 18.1 Å². The maximum Gasteiger partial charge on any atom is 0.0981 e. The van der Waals surface area contributed by atoms with Crippen LogP contribution in [-0.2, 0) is 0 Å². The van der Waals surface area contributed by atoms with Crippen molar-refractivity contribution in [1.29, 1.82) is 0 Å². The molecule has 2 aliphatic heterocycles. The minimum absolute atomic E-state index is 1.19. The summed E-state index contributed by atoms with van der Waals surface area (Å²) in [4.78, 5) is 6.11. The van der Waals surface area contributed by atoms with E-state index in [1.54, 1.807) is 0 Å². The van der Waals surface area contributed by atoms with Crippen molar-refractivity contribution < 1.29 is 0 Å². The number of hydrogen-bond acceptors (Lipinski definition) is 2. The molecule has 0 saturated heterocycles. The van der Waals surface area contributed by atoms with E-state index >= 15 is 0 Å². The van der Waals surface area contributed by atoms with Crippen LogP contribution in [0.25, 0.3) is 11.8 Å². The lowest BCUT2D eigenvalue weighted by Gasteiger charge is -2.26. The summed E-state index contributed by atoms with van der Waals surface area (Å²) < 4.78 is 0. The summed E-state index contributed by atoms with van der Waals surface area (Å²) in [6, 6.07) is 8.36. The minimum Gasteiger partial charge on any atom is -0.308 e. The monoisotopic (exact) mass is 181 g/mol. The van der Waals surface area contributed by atoms with Gasteiger partial charge < -0.3 is 4.90 Å². The van der Waals surface area contributed by atoms with Gasteiger partial charge in [0.15, 0.2) is 0 Å². The van der Waals surface area contributed by atoms with E-state index in [0.717, 1.165) is 0 Å². The Bertz CT molecular complexity index is 455. The van der Waals surface area contributed by atoms with Gasteiger partial charge in [0, 0.05) is 11.8 Å². The Morgan fingerprint density at radius 3 is 3.07 bits per heavy atom. The normalized spacial score (nSPS) is 17.4. The van der Waals surface area contributed by atoms with E-state index in [9.17, 15) is 0 Å². The van der Waals surface area contributed by atoms with E-state index in [1.807, 2.05) is 30.1 Å². The van der Waals surface area contributed by atoms with Gasteiger partial charge in [-0.1, -0.05) is 24.3 Å². The molecular formula is C12H9N2. The Balaban J connectivity index is 2.20. The molecule has 2 heterocycles. The first-order chi connectivity index (χ1) is 6.95. The van der Waals surface area contributed by atoms with Crippen LogP contribution in [0.3, 0.4) is 0 Å². The van der Waals surface area contributed by atoms with Crippen LogP contribution in [0.2, 0.25) is 0 Å². The highest BCUT2D eigenvalue weighted by Crippen LogP contribution is 2.29. The Hall–Kier alpha value is -1.83. The van der Waals surface area contributed by atoms with Crippen LogP contribution >= 0.6 is 0 Å². The molecule has 0 aromatic heterocycles. The van der Waals surface area contributed by atoms with Crippen molar-refractivity contribution in [2.24, 2.45) is 4.99 Å². The summed E-state index contributed by atoms with van der Waals surface area (Å²) in [6.07, 6.45) is 7.98. The average Bonchev–Trinajstić information content (AvgIpc) is 2.29. The molecule has 1 radical (unpaired) electrons. The molecule has 0 bridgehead atoms. The first kappa shape index (κ1) is 7.56. The second-order valence-corrected chi connectivity index (χ2v) is 3.28. The zero-order chi connectivity index (χ0) is 9.38. The van der Waals surface area contributed by atoms with Gasteiger partial charge in [-0.25, -0.2) is 0 Å². The molecule has 2 aliphatic rings. The van der Waals surface area contributed by atoms with E-state index < -0.39 is 0 Å². The van der Waals surface area contributed by atoms with Crippen molar-refractivity contribution in [2.45, 2.75) is 0 Å². The Morgan fingerprint density at radius 1 is 1.14 bits per heavy atom. The second-order valence-electron chi connectivity index (χ2n) is 3.28. The number of aliphatic imine (C=N–C) groups is 1. The van der Waals surface area contributed by atoms with Crippen molar-refractivity contribution in [3.63, 3.8) is 0 Å². The van der Waals surface area contributed by atoms with Gasteiger partial charge in [-0.3, -0.25) is 4.99 Å². The second kappa shape index (κ2) is 2.84. The summed E-state index contributed by atoms with van der Waals surface area (Å²) >= 11 is 0. The smallest absolute Gasteiger partial charge is 0.0981 e. The molecule has 0 saturated carbocycles. The fourth-order valence-electron chi connectivity index (χ4n) is 1.76. The van der Waals surface area contributed by atoms with Crippen LogP contribution in [0.1, 0.15) is 11.1 Å². The van der Waals surface area contributed by atoms with Crippen LogP contribution in [0.4, 0.5) is 0 Å². The topological polar surface area (TPSA) is 15.6 Å². The van der Waals surface area contributed by atoms with Gasteiger partial charge in [-0.15, -0.1) is 0 Å². The summed E-state index contributed by atoms with van der Waals surface area (Å²) in [6.45, 7) is 1.82. The van der Waals surface area contributed by atoms with Crippen LogP contribution in [-0.4, -0.2) is 11.2 Å². The van der Waals surface area contributed by atoms with Gasteiger partial charge in [0.1, 0.15) is 0 Å². The molecule has 0 fully saturated rings. The van der Waals surface area contributed by atoms with Crippen molar-refractivity contribution in [2.75, 3.05) is 0 Å². The van der Waals surface area contributed by atoms with Gasteiger partial charge in [0.25, 0.3) is 0 Å². The predicted molar refractivity (Wildman–Crippen MR) is 58.1 cm³/mol. The van der Waals surface area contributed by atoms with Gasteiger partial charge >= 0.3 is 0 Å². The summed E-state index contributed by atoms with van der Waals surface area (Å²) in [5.41, 5.74) is 3.72. The van der Waals surface area contributed by atoms with E-state index in [0.29, 0.717) is 0 Å². The minimum atomic E-state index is 1.19. The molecule has 14 heavy (non-hydrogen) atoms. The van der Waals surface area contributed by atoms with Gasteiger partial charge in [0.05, 0.1) is 18.6 Å². The van der Waals surface area contributed by atoms with Crippen molar-refractivity contribution in [1.82, 2.24) is 4.90 Å². The third kappa shape index (κ3) is 1.01. The maximum absolute atomic E-state index is 4.08. The van der Waals surface area contributed by atoms with Gasteiger partial charge in [0.2, 0.25) is 0 Å². The predicted octanol–water partition coefficient (Wildman–Crippen LogP) is 2.52. The Morgan fingerprint density at radius 2 is 2.07 bits per heavy atom. The highest BCUT2D eigenvalue weighted by atomic mass is 15.2. The quantitative estimate of drug-likeness (QED) is 0.600. The molecule has 0 N–H and O–H groups in total. The standard InChI is InChI=1S/C12H9N2/c1-2-4-11-10(3-1)6-8-14-9-13-7-5-12(11)14/h1-9H. The first-order valence-corrected chi connectivity index (χ1v) is 4.58. The van der Waals surface area contributed by atoms with E-state index in [1.165, 1.54) is 16.8 Å². The zero-order valence-electron chi connectivity index (χ0n) is 7.59. The van der Waals surface area contributed by atoms with Crippen LogP contribution in [0, 0.1) is 6.54 Å². The molecule has 0 aliphatic carbocycles. The Kier molecular flexibility index (Phi) is 1.53. The van der Waals surface area contributed by atoms with Crippen molar-refractivity contribution in [3.8, 4) is 0 Å². The Labute approximate surface area is 82.9 Å². The number of hydrogen-bond donors (Lipinski definition) is 0. The molecule has 0 amide bonds. The molecule has 0 spiro atoms. The number of benzene rings is 1. The van der Waals surface area contributed by atoms with Gasteiger partial charge in [-0.05, 0) is 17.7 Å². The van der Waals surface area contributed by atoms with E-state index in [4.69, 9.17) is 0 Å². The fourth-order valence-corrected chi connectivity index (χ4v) is 1.76. The van der Waals surface area contributed by atoms with E-state index in [2.05, 4.69) is 35.3 Å². The lowest BCUT2D eigenvalue weighted by molar-refractivity contribution is 0.799. The number of fused-ring (bicyclic) bond motifs is 3. The van der Waals surface area contributed by atoms with Crippen LogP contribution in [0.5, 0.6) is 0 Å². The lowest BCUT2D eigenvalue weighted by Crippen LogP contribution is -2.19. The summed E-state index contributed by atoms with van der Waals surface area (Å²) in [5.74, 6) is 0. The lowest BCUT2D eigenvalue weighted by atomic mass is 10.0. The summed E-state index contributed by atoms with van der Waals surface area (Å²) in [7, 11) is 0. The van der Waals surface area contributed by atoms with Crippen LogP contribution in [0.15, 0.2) is 41.5 Å². The fraction of sp³-hybridized carbons (Fsp3) is 0. The molecule has 1 aromatic rings. The number of rotatable bonds is 0. The molecule has 0 atom stereocenters. The molecular weight excluding hydrogens is 172 g/mol. The molecule has 2 heteroatoms. The molecule has 3 rings (SSSR count). The highest BCUT2D eigenvalue weighted by molar-refractivity contribution is 5.87. The average molecular weight is 181 g/mol. The third-order valence-electron chi connectivity index (χ3n) is 2.44. The largest absolute Gasteiger partial charge is 0.308 e. The zero-order valence-corrected chi connectivity index (χ0v) is 7.59. The highest BCUT2D eigenvalue weighted by Gasteiger charge is 2.16. The van der Waals surface area contributed by atoms with Crippen molar-refractivity contribution in [3.05, 3.63) is 54.2 Å². The van der Waals surface area contributed by atoms with Gasteiger partial charge in [-0.2, -0.15) is 0 Å². The van der Waals surface area contributed by atoms with Crippen LogP contribution < -0.4 is 0 Å².